The number of rotatable bonds is 35. The molecule has 4 aliphatic heterocycles. The third kappa shape index (κ3) is 43.2. The van der Waals surface area contributed by atoms with Crippen molar-refractivity contribution in [3.05, 3.63) is 209 Å². The number of hydrogen-bond donors (Lipinski definition) is 0. The Kier molecular flexibility index (Phi) is 88.4. The topological polar surface area (TPSA) is 13.0 Å². The first-order valence-electron chi connectivity index (χ1n) is 41.2. The molecular formula is C81H97BI63N4-. The fourth-order valence-electron chi connectivity index (χ4n) is 17.4. The van der Waals surface area contributed by atoms with Crippen molar-refractivity contribution in [3.63, 3.8) is 0 Å². The monoisotopic (exact) mass is 9130 g/mol. The average Bonchev–Trinajstić information content (AvgIpc) is 1.50. The number of para-hydroxylation sites is 4. The molecule has 0 bridgehead atoms. The molecule has 886 valence electrons. The van der Waals surface area contributed by atoms with Gasteiger partial charge in [0.25, 0.3) is 6.71 Å². The first-order valence-corrected chi connectivity index (χ1v) is 431. The van der Waals surface area contributed by atoms with Gasteiger partial charge in [0.15, 0.2) is 0 Å². The zero-order valence-corrected chi connectivity index (χ0v) is 214. The van der Waals surface area contributed by atoms with Crippen LogP contribution in [0.15, 0.2) is 176 Å². The van der Waals surface area contributed by atoms with Crippen LogP contribution in [0, 0.1) is 0 Å². The molecule has 2 aliphatic carbocycles. The Bertz CT molecular complexity index is 5740. The molecule has 0 spiro atoms. The predicted molar refractivity (Wildman–Crippen MR) is 1240 cm³/mol. The van der Waals surface area contributed by atoms with Crippen LogP contribution in [0.25, 0.3) is 0 Å². The fourth-order valence-corrected chi connectivity index (χ4v) is 12000. The summed E-state index contributed by atoms with van der Waals surface area (Å²) in [4.78, 5) is 10.6. The standard InChI is InChI=1S/C40H45BN2.C40H48N2.CH4.I63/c1-37(2,3)26-22-29-36-31(23-26)41-30-18-12-13-19-32(30)42(28-16-10-9-11-17-28)33-24-27(38(4,5)6)25-34(35(33)41)43(36)40(8)21-15-14-20-39(29,40)7;1-37(2,3)29-21-22-36-35(27-29)39(7)23-15-16-24-40(39,8)42(36)34-26-30(38(4,5)6)25-33(28-34)41(31-17-11-9-12-18-31)32-19-13-10-14-20-32;;1-33-35(4)37(6)39(8)41(10)43(12)45(14)47(16)49(18)51(20)53(22)55(24)57(26)59(28)61(30)63(32)62(31)60(29)58(27)56(25)54(23)52(21)50(19)48(17)46(15)44(13)42(11)40(9)38(7)36(5)34(2)3/h9-13,16-19,22-25H,14-15,20-21H2,1-8H3;9-14,17-22,25-28H,15-16,23-24H2,1-8H3;1H4;/q;;;-1. The Morgan fingerprint density at radius 1 is 0.275 bits per heavy atom. The average molecular weight is 9130 g/mol. The molecule has 14 rings (SSSR count). The van der Waals surface area contributed by atoms with Gasteiger partial charge in [-0.05, 0) is 190 Å². The molecule has 149 heavy (non-hydrogen) atoms. The second-order valence-electron chi connectivity index (χ2n) is 36.2. The number of hydrogen-bond acceptors (Lipinski definition) is 4. The summed E-state index contributed by atoms with van der Waals surface area (Å²) in [5.41, 5.74) is 26.7. The molecule has 0 amide bonds. The van der Waals surface area contributed by atoms with Gasteiger partial charge in [0.05, 0.1) is 11.1 Å². The molecule has 2 saturated carbocycles. The molecule has 8 aromatic carbocycles. The van der Waals surface area contributed by atoms with Gasteiger partial charge in [0.1, 0.15) is 0 Å². The number of anilines is 10. The van der Waals surface area contributed by atoms with Crippen molar-refractivity contribution in [1.29, 1.82) is 0 Å². The normalized spacial score (nSPS) is 21.0. The number of halogens is 63. The first-order chi connectivity index (χ1) is 68.9. The zero-order valence-electron chi connectivity index (χ0n) is 78.1. The van der Waals surface area contributed by atoms with Gasteiger partial charge in [-0.1, -0.05) is 227 Å². The molecule has 0 saturated heterocycles. The molecule has 4 nitrogen and oxygen atoms in total. The van der Waals surface area contributed by atoms with Gasteiger partial charge in [0.2, 0.25) is 0 Å². The maximum atomic E-state index is 3.43. The van der Waals surface area contributed by atoms with Gasteiger partial charge in [-0.15, -0.1) is 0 Å². The molecule has 2 fully saturated rings. The van der Waals surface area contributed by atoms with E-state index in [0.717, 1.165) is 0 Å². The zero-order chi connectivity index (χ0) is 110. The molecule has 0 aromatic heterocycles. The van der Waals surface area contributed by atoms with Gasteiger partial charge in [0, 0.05) is 67.7 Å². The van der Waals surface area contributed by atoms with E-state index in [2.05, 4.69) is 902 Å². The predicted octanol–water partition coefficient (Wildman–Crippen LogP) is 72.7. The summed E-state index contributed by atoms with van der Waals surface area (Å²) >= 11 is 107. The van der Waals surface area contributed by atoms with E-state index in [1.807, 2.05) is 0 Å². The van der Waals surface area contributed by atoms with Crippen LogP contribution in [0.2, 0.25) is 0 Å². The summed E-state index contributed by atoms with van der Waals surface area (Å²) in [7, 11) is -16.7. The minimum atomic E-state index is -0.608. The molecule has 4 unspecified atom stereocenters. The van der Waals surface area contributed by atoms with Crippen molar-refractivity contribution < 1.29 is 13.3 Å². The second-order valence-corrected chi connectivity index (χ2v) is 1510. The van der Waals surface area contributed by atoms with E-state index in [1.165, 1.54) is 152 Å². The summed E-state index contributed by atoms with van der Waals surface area (Å²) in [5.74, 6) is 0. The van der Waals surface area contributed by atoms with Gasteiger partial charge in [-0.3, -0.25) is 0 Å². The van der Waals surface area contributed by atoms with E-state index in [0.29, 0.717) is 13.3 Å². The van der Waals surface area contributed by atoms with Gasteiger partial charge >= 0.3 is 846 Å². The van der Waals surface area contributed by atoms with Gasteiger partial charge < -0.3 is 19.6 Å². The van der Waals surface area contributed by atoms with Gasteiger partial charge in [-0.25, -0.2) is 0 Å². The van der Waals surface area contributed by atoms with E-state index in [-0.39, 0.29) is 57.7 Å². The van der Waals surface area contributed by atoms with Crippen molar-refractivity contribution in [1.82, 2.24) is 0 Å². The van der Waals surface area contributed by atoms with Crippen molar-refractivity contribution in [2.45, 2.75) is 213 Å². The van der Waals surface area contributed by atoms with E-state index in [1.54, 1.807) is 5.56 Å². The van der Waals surface area contributed by atoms with E-state index < -0.39 is 237 Å². The van der Waals surface area contributed by atoms with Crippen LogP contribution in [0.4, 0.5) is 56.9 Å². The number of fused-ring (bicyclic) bond motifs is 10. The summed E-state index contributed by atoms with van der Waals surface area (Å²) < 4.78 is 0. The summed E-state index contributed by atoms with van der Waals surface area (Å²) in [6.07, 6.45) is 10.1. The Balaban J connectivity index is 0.000000216. The number of nitrogens with zero attached hydrogens (tertiary/aromatic N) is 4. The van der Waals surface area contributed by atoms with Crippen LogP contribution >= 0.6 is 833 Å². The van der Waals surface area contributed by atoms with Crippen LogP contribution in [0.1, 0.15) is 203 Å². The molecule has 0 N–H and O–H groups in total. The molecular weight excluding hydrogens is 9030 g/mol. The van der Waals surface area contributed by atoms with Crippen LogP contribution in [0.3, 0.4) is 0 Å². The first kappa shape index (κ1) is 168. The third-order valence-corrected chi connectivity index (χ3v) is 4900. The van der Waals surface area contributed by atoms with Crippen LogP contribution in [-0.4, -0.2) is 17.8 Å². The van der Waals surface area contributed by atoms with Crippen molar-refractivity contribution >= 4 is 913 Å². The van der Waals surface area contributed by atoms with Crippen molar-refractivity contribution in [2.75, 3.05) is 19.6 Å². The summed E-state index contributed by atoms with van der Waals surface area (Å²) in [6, 6.07) is 66.9. The van der Waals surface area contributed by atoms with Crippen LogP contribution in [0.5, 0.6) is 0 Å². The third-order valence-electron chi connectivity index (χ3n) is 24.4. The summed E-state index contributed by atoms with van der Waals surface area (Å²) in [6.45, 7) is 38.8. The van der Waals surface area contributed by atoms with E-state index >= 15 is 0 Å². The quantitative estimate of drug-likeness (QED) is 0.0290. The number of benzene rings is 8. The van der Waals surface area contributed by atoms with E-state index in [9.17, 15) is 0 Å². The minimum absolute atomic E-state index is 0. The van der Waals surface area contributed by atoms with E-state index in [4.69, 9.17) is 0 Å². The van der Waals surface area contributed by atoms with Gasteiger partial charge in [-0.2, -0.15) is 0 Å². The summed E-state index contributed by atoms with van der Waals surface area (Å²) in [5, 5.41) is 0. The van der Waals surface area contributed by atoms with Crippen LogP contribution in [-0.2, 0) is 32.5 Å². The van der Waals surface area contributed by atoms with Crippen molar-refractivity contribution in [3.8, 4) is 0 Å². The van der Waals surface area contributed by atoms with Crippen LogP contribution < -0.4 is 49.2 Å². The Morgan fingerprint density at radius 3 is 0.966 bits per heavy atom. The Labute approximate surface area is 1310 Å². The molecule has 8 aromatic rings. The van der Waals surface area contributed by atoms with Crippen molar-refractivity contribution in [2.24, 2.45) is 0 Å². The Hall–Kier alpha value is 39.0. The Morgan fingerprint density at radius 2 is 0.591 bits per heavy atom. The second kappa shape index (κ2) is 78.6. The molecule has 4 heterocycles. The molecule has 68 heteroatoms. The molecule has 6 aliphatic rings. The maximum absolute atomic E-state index is 3.43. The molecule has 0 radical (unpaired) electrons. The molecule has 4 atom stereocenters. The SMILES string of the molecule is C.CC(C)(C)c1cc(N(c2ccccc2)c2ccccc2)cc(N2c3ccc(C(C)(C)C)cc3C3(C)CCCCC23C)c1.CC(C)(C)c1cc2c3c(c1)N1c4c(cc(C(C)(C)C)cc4C4(C)CCCCC14C)B3c1ccccc1N2c1ccccc1.I[I-]I(I)I(I)I(I)I(I)I(I)I(I)I(I)I(I)I(I)I(I)I(I)I(I)I(I)I(I)I(I)I(I)I(I)I(I)I(I)I(I)I(I)I(I)I(I)I(I)I(I)I(I)I(I)I(I)I(I)I(I)I. The fraction of sp³-hybridized carbons (Fsp3) is 0.407.